The molecule has 0 N–H and O–H groups in total. The topological polar surface area (TPSA) is 42.1 Å². The van der Waals surface area contributed by atoms with Gasteiger partial charge in [-0.15, -0.1) is 0 Å². The van der Waals surface area contributed by atoms with Crippen molar-refractivity contribution < 1.29 is 0 Å². The first-order valence-electron chi connectivity index (χ1n) is 10.9. The van der Waals surface area contributed by atoms with Gasteiger partial charge in [-0.05, 0) is 75.9 Å². The molecule has 0 unspecified atom stereocenters. The lowest BCUT2D eigenvalue weighted by Gasteiger charge is -2.22. The number of benzene rings is 2. The Morgan fingerprint density at radius 2 is 1.06 bits per heavy atom. The zero-order valence-electron chi connectivity index (χ0n) is 18.7. The number of nitrogens with zero attached hydrogens (tertiary/aromatic N) is 6. The maximum Gasteiger partial charge on any atom is 0.143 e. The van der Waals surface area contributed by atoms with Crippen LogP contribution in [-0.2, 0) is 0 Å². The second kappa shape index (κ2) is 9.32. The van der Waals surface area contributed by atoms with Crippen molar-refractivity contribution in [3.8, 4) is 11.8 Å². The third-order valence-corrected chi connectivity index (χ3v) is 6.00. The van der Waals surface area contributed by atoms with Crippen LogP contribution < -0.4 is 10.0 Å². The van der Waals surface area contributed by atoms with E-state index < -0.39 is 0 Å². The van der Waals surface area contributed by atoms with Crippen LogP contribution in [0.3, 0.4) is 0 Å². The minimum absolute atomic E-state index is 0.657. The molecule has 2 heterocycles. The summed E-state index contributed by atoms with van der Waals surface area (Å²) in [6.07, 6.45) is 0. The molecule has 32 heavy (non-hydrogen) atoms. The summed E-state index contributed by atoms with van der Waals surface area (Å²) in [4.78, 5) is 3.78. The average molecular weight is 469 g/mol. The highest BCUT2D eigenvalue weighted by Crippen LogP contribution is 2.25. The molecule has 0 atom stereocenters. The lowest BCUT2D eigenvalue weighted by Crippen LogP contribution is -2.36. The SMILES string of the molecule is CCN(CC)n1nc2ccc(Cl)cc2c1C#Cc1c2cc(Cl)ccc2nn1N(CC)CC. The van der Waals surface area contributed by atoms with Gasteiger partial charge >= 0.3 is 0 Å². The summed E-state index contributed by atoms with van der Waals surface area (Å²) in [6.45, 7) is 11.6. The molecule has 166 valence electrons. The molecule has 0 aliphatic carbocycles. The van der Waals surface area contributed by atoms with Crippen molar-refractivity contribution >= 4 is 45.0 Å². The van der Waals surface area contributed by atoms with Gasteiger partial charge in [0.15, 0.2) is 0 Å². The third-order valence-electron chi connectivity index (χ3n) is 5.53. The standard InChI is InChI=1S/C24H26Cl2N6/c1-5-29(6-2)31-23(19-15-17(25)9-11-21(19)27-31)13-14-24-20-16-18(26)10-12-22(20)28-32(24)30(7-3)8-4/h9-12,15-16H,5-8H2,1-4H3. The summed E-state index contributed by atoms with van der Waals surface area (Å²) >= 11 is 12.6. The van der Waals surface area contributed by atoms with E-state index >= 15 is 0 Å². The van der Waals surface area contributed by atoms with E-state index in [2.05, 4.69) is 49.6 Å². The summed E-state index contributed by atoms with van der Waals surface area (Å²) < 4.78 is 0. The predicted octanol–water partition coefficient (Wildman–Crippen LogP) is 5.05. The number of rotatable bonds is 6. The van der Waals surface area contributed by atoms with Gasteiger partial charge in [0.2, 0.25) is 0 Å². The van der Waals surface area contributed by atoms with Crippen molar-refractivity contribution in [3.63, 3.8) is 0 Å². The first kappa shape index (κ1) is 22.3. The molecule has 0 aliphatic rings. The van der Waals surface area contributed by atoms with Crippen molar-refractivity contribution in [3.05, 3.63) is 57.8 Å². The maximum atomic E-state index is 6.31. The summed E-state index contributed by atoms with van der Waals surface area (Å²) in [6, 6.07) is 11.4. The third kappa shape index (κ3) is 3.99. The fourth-order valence-corrected chi connectivity index (χ4v) is 4.18. The molecular weight excluding hydrogens is 443 g/mol. The first-order valence-corrected chi connectivity index (χ1v) is 11.6. The van der Waals surface area contributed by atoms with E-state index in [-0.39, 0.29) is 0 Å². The van der Waals surface area contributed by atoms with Crippen LogP contribution in [-0.4, -0.2) is 46.0 Å². The number of hydrogen-bond acceptors (Lipinski definition) is 4. The van der Waals surface area contributed by atoms with Crippen LogP contribution in [0.4, 0.5) is 0 Å². The van der Waals surface area contributed by atoms with E-state index in [9.17, 15) is 0 Å². The van der Waals surface area contributed by atoms with Crippen molar-refractivity contribution in [1.82, 2.24) is 19.8 Å². The molecule has 6 nitrogen and oxygen atoms in total. The van der Waals surface area contributed by atoms with Gasteiger partial charge in [0, 0.05) is 47.0 Å². The van der Waals surface area contributed by atoms with Gasteiger partial charge in [-0.25, -0.2) is 0 Å². The molecule has 0 aliphatic heterocycles. The lowest BCUT2D eigenvalue weighted by molar-refractivity contribution is 0.555. The zero-order valence-corrected chi connectivity index (χ0v) is 20.2. The number of hydrogen-bond donors (Lipinski definition) is 0. The molecule has 8 heteroatoms. The van der Waals surface area contributed by atoms with Crippen LogP contribution in [0.15, 0.2) is 36.4 Å². The first-order chi connectivity index (χ1) is 15.5. The Bertz CT molecular complexity index is 1220. The van der Waals surface area contributed by atoms with Crippen molar-refractivity contribution in [2.24, 2.45) is 0 Å². The summed E-state index contributed by atoms with van der Waals surface area (Å²) in [5.74, 6) is 6.78. The van der Waals surface area contributed by atoms with E-state index in [1.807, 2.05) is 46.0 Å². The average Bonchev–Trinajstić information content (AvgIpc) is 3.32. The lowest BCUT2D eigenvalue weighted by atomic mass is 10.2. The number of halogens is 2. The summed E-state index contributed by atoms with van der Waals surface area (Å²) in [7, 11) is 0. The molecule has 2 aromatic carbocycles. The highest BCUT2D eigenvalue weighted by Gasteiger charge is 2.16. The Morgan fingerprint density at radius 1 is 0.688 bits per heavy atom. The largest absolute Gasteiger partial charge is 0.296 e. The Morgan fingerprint density at radius 3 is 1.41 bits per heavy atom. The van der Waals surface area contributed by atoms with Crippen LogP contribution in [0, 0.1) is 11.8 Å². The van der Waals surface area contributed by atoms with Gasteiger partial charge in [0.05, 0.1) is 11.0 Å². The van der Waals surface area contributed by atoms with Crippen LogP contribution >= 0.6 is 23.2 Å². The number of aromatic nitrogens is 4. The Hall–Kier alpha value is -2.88. The Balaban J connectivity index is 1.97. The zero-order chi connectivity index (χ0) is 22.8. The van der Waals surface area contributed by atoms with Crippen LogP contribution in [0.1, 0.15) is 39.1 Å². The quantitative estimate of drug-likeness (QED) is 0.371. The molecule has 0 fully saturated rings. The Labute approximate surface area is 198 Å². The van der Waals surface area contributed by atoms with Gasteiger partial charge in [0.25, 0.3) is 0 Å². The smallest absolute Gasteiger partial charge is 0.143 e. The van der Waals surface area contributed by atoms with Crippen molar-refractivity contribution in [2.75, 3.05) is 36.2 Å². The number of fused-ring (bicyclic) bond motifs is 2. The van der Waals surface area contributed by atoms with Crippen LogP contribution in [0.25, 0.3) is 21.8 Å². The van der Waals surface area contributed by atoms with Gasteiger partial charge < -0.3 is 0 Å². The van der Waals surface area contributed by atoms with E-state index in [0.29, 0.717) is 10.0 Å². The minimum Gasteiger partial charge on any atom is -0.296 e. The highest BCUT2D eigenvalue weighted by atomic mass is 35.5. The van der Waals surface area contributed by atoms with E-state index in [1.165, 1.54) is 0 Å². The normalized spacial score (nSPS) is 11.1. The molecule has 4 aromatic rings. The molecular formula is C24H26Cl2N6. The van der Waals surface area contributed by atoms with Crippen molar-refractivity contribution in [2.45, 2.75) is 27.7 Å². The van der Waals surface area contributed by atoms with E-state index in [0.717, 1.165) is 59.4 Å². The van der Waals surface area contributed by atoms with Gasteiger partial charge in [-0.1, -0.05) is 23.2 Å². The van der Waals surface area contributed by atoms with E-state index in [4.69, 9.17) is 33.4 Å². The molecule has 0 saturated carbocycles. The molecule has 0 amide bonds. The van der Waals surface area contributed by atoms with Crippen LogP contribution in [0.2, 0.25) is 10.0 Å². The maximum absolute atomic E-state index is 6.31. The van der Waals surface area contributed by atoms with Crippen LogP contribution in [0.5, 0.6) is 0 Å². The molecule has 4 rings (SSSR count). The Kier molecular flexibility index (Phi) is 6.50. The molecule has 0 saturated heterocycles. The van der Waals surface area contributed by atoms with Crippen molar-refractivity contribution in [1.29, 1.82) is 0 Å². The minimum atomic E-state index is 0.657. The highest BCUT2D eigenvalue weighted by molar-refractivity contribution is 6.31. The van der Waals surface area contributed by atoms with Gasteiger partial charge in [-0.2, -0.15) is 19.8 Å². The predicted molar refractivity (Wildman–Crippen MR) is 134 cm³/mol. The monoisotopic (exact) mass is 468 g/mol. The fraction of sp³-hybridized carbons (Fsp3) is 0.333. The van der Waals surface area contributed by atoms with E-state index in [1.54, 1.807) is 0 Å². The second-order valence-electron chi connectivity index (χ2n) is 7.33. The summed E-state index contributed by atoms with van der Waals surface area (Å²) in [5, 5.41) is 17.0. The molecule has 0 spiro atoms. The second-order valence-corrected chi connectivity index (χ2v) is 8.20. The summed E-state index contributed by atoms with van der Waals surface area (Å²) in [5.41, 5.74) is 3.31. The molecule has 0 bridgehead atoms. The molecule has 2 aromatic heterocycles. The van der Waals surface area contributed by atoms with Gasteiger partial charge in [0.1, 0.15) is 11.4 Å². The van der Waals surface area contributed by atoms with Gasteiger partial charge in [-0.3, -0.25) is 10.0 Å². The molecule has 0 radical (unpaired) electrons. The fourth-order valence-electron chi connectivity index (χ4n) is 3.84.